The summed E-state index contributed by atoms with van der Waals surface area (Å²) in [5.41, 5.74) is -0.0309. The average molecular weight is 346 g/mol. The number of nitrogens with one attached hydrogen (secondary N) is 1. The summed E-state index contributed by atoms with van der Waals surface area (Å²) >= 11 is 0. The van der Waals surface area contributed by atoms with Crippen molar-refractivity contribution in [1.29, 1.82) is 0 Å². The van der Waals surface area contributed by atoms with Gasteiger partial charge in [0.2, 0.25) is 0 Å². The first-order valence-corrected chi connectivity index (χ1v) is 9.19. The Hall–Kier alpha value is -1.59. The molecule has 5 nitrogen and oxygen atoms in total. The van der Waals surface area contributed by atoms with Crippen molar-refractivity contribution < 1.29 is 15.0 Å². The number of rotatable bonds is 4. The van der Waals surface area contributed by atoms with Gasteiger partial charge in [-0.25, -0.2) is 4.79 Å². The maximum absolute atomic E-state index is 12.0. The number of aliphatic hydroxyl groups is 1. The van der Waals surface area contributed by atoms with Gasteiger partial charge in [-0.15, -0.1) is 0 Å². The fourth-order valence-electron chi connectivity index (χ4n) is 4.91. The number of aliphatic hydroxyl groups excluding tert-OH is 1. The van der Waals surface area contributed by atoms with E-state index in [9.17, 15) is 15.0 Å². The van der Waals surface area contributed by atoms with E-state index in [1.807, 2.05) is 39.0 Å². The van der Waals surface area contributed by atoms with Crippen LogP contribution in [-0.4, -0.2) is 43.9 Å². The Kier molecular flexibility index (Phi) is 4.58. The molecule has 3 aliphatic carbocycles. The summed E-state index contributed by atoms with van der Waals surface area (Å²) in [5.74, 6) is 0. The molecule has 0 heterocycles. The van der Waals surface area contributed by atoms with E-state index in [1.165, 1.54) is 10.5 Å². The lowest BCUT2D eigenvalue weighted by molar-refractivity contribution is -0.135. The second-order valence-corrected chi connectivity index (χ2v) is 8.73. The summed E-state index contributed by atoms with van der Waals surface area (Å²) in [6, 6.07) is 10.3. The van der Waals surface area contributed by atoms with Gasteiger partial charge in [-0.1, -0.05) is 30.3 Å². The molecule has 0 radical (unpaired) electrons. The predicted octanol–water partition coefficient (Wildman–Crippen LogP) is 3.37. The van der Waals surface area contributed by atoms with Crippen molar-refractivity contribution >= 4 is 6.09 Å². The van der Waals surface area contributed by atoms with Crippen LogP contribution < -0.4 is 5.32 Å². The van der Waals surface area contributed by atoms with Crippen LogP contribution in [0, 0.1) is 0 Å². The molecule has 1 atom stereocenters. The van der Waals surface area contributed by atoms with Crippen molar-refractivity contribution in [3.63, 3.8) is 0 Å². The molecule has 3 saturated carbocycles. The molecule has 0 unspecified atom stereocenters. The maximum Gasteiger partial charge on any atom is 0.408 e. The Labute approximate surface area is 150 Å². The normalized spacial score (nSPS) is 31.8. The van der Waals surface area contributed by atoms with E-state index in [-0.39, 0.29) is 5.54 Å². The predicted molar refractivity (Wildman–Crippen MR) is 97.5 cm³/mol. The van der Waals surface area contributed by atoms with Gasteiger partial charge in [-0.05, 0) is 58.4 Å². The summed E-state index contributed by atoms with van der Waals surface area (Å²) in [6.45, 7) is 6.51. The monoisotopic (exact) mass is 346 g/mol. The van der Waals surface area contributed by atoms with Crippen molar-refractivity contribution in [2.24, 2.45) is 0 Å². The van der Waals surface area contributed by atoms with E-state index >= 15 is 0 Å². The Bertz CT molecular complexity index is 616. The van der Waals surface area contributed by atoms with Crippen LogP contribution in [0.1, 0.15) is 58.4 Å². The van der Waals surface area contributed by atoms with Crippen LogP contribution in [0.4, 0.5) is 4.79 Å². The lowest BCUT2D eigenvalue weighted by atomic mass is 9.58. The molecule has 5 heteroatoms. The number of benzene rings is 1. The number of carbonyl (C=O) groups is 1. The second-order valence-electron chi connectivity index (χ2n) is 8.73. The van der Waals surface area contributed by atoms with E-state index in [2.05, 4.69) is 17.4 Å². The van der Waals surface area contributed by atoms with Gasteiger partial charge in [0.15, 0.2) is 0 Å². The van der Waals surface area contributed by atoms with Gasteiger partial charge in [-0.2, -0.15) is 0 Å². The van der Waals surface area contributed by atoms with Crippen LogP contribution in [0.5, 0.6) is 0 Å². The number of hydrogen-bond acceptors (Lipinski definition) is 3. The van der Waals surface area contributed by atoms with E-state index < -0.39 is 23.3 Å². The molecule has 1 aromatic rings. The lowest BCUT2D eigenvalue weighted by Crippen LogP contribution is -2.73. The zero-order valence-corrected chi connectivity index (χ0v) is 15.5. The van der Waals surface area contributed by atoms with Crippen LogP contribution in [0.25, 0.3) is 0 Å². The maximum atomic E-state index is 12.0. The van der Waals surface area contributed by atoms with Gasteiger partial charge in [0.05, 0.1) is 11.6 Å². The fraction of sp³-hybridized carbons (Fsp3) is 0.650. The topological polar surface area (TPSA) is 72.8 Å². The van der Waals surface area contributed by atoms with Crippen molar-refractivity contribution in [1.82, 2.24) is 10.2 Å². The highest BCUT2D eigenvalue weighted by Crippen LogP contribution is 2.51. The van der Waals surface area contributed by atoms with E-state index in [0.717, 1.165) is 19.4 Å². The summed E-state index contributed by atoms with van der Waals surface area (Å²) < 4.78 is 0. The highest BCUT2D eigenvalue weighted by Gasteiger charge is 2.59. The Morgan fingerprint density at radius 2 is 1.80 bits per heavy atom. The number of fused-ring (bicyclic) bond motifs is 3. The molecule has 0 spiro atoms. The molecular formula is C20H30N2O3. The summed E-state index contributed by atoms with van der Waals surface area (Å²) in [6.07, 6.45) is 2.26. The fourth-order valence-corrected chi connectivity index (χ4v) is 4.91. The largest absolute Gasteiger partial charge is 0.465 e. The van der Waals surface area contributed by atoms with Gasteiger partial charge in [0, 0.05) is 17.6 Å². The number of carboxylic acid groups (broad SMARTS) is 1. The highest BCUT2D eigenvalue weighted by atomic mass is 16.4. The second kappa shape index (κ2) is 6.29. The minimum Gasteiger partial charge on any atom is -0.465 e. The number of amides is 1. The Morgan fingerprint density at radius 1 is 1.20 bits per heavy atom. The summed E-state index contributed by atoms with van der Waals surface area (Å²) in [4.78, 5) is 13.5. The summed E-state index contributed by atoms with van der Waals surface area (Å²) in [5, 5.41) is 24.4. The van der Waals surface area contributed by atoms with Crippen LogP contribution in [0.15, 0.2) is 30.3 Å². The first kappa shape index (κ1) is 18.2. The SMILES string of the molecule is CC(C)(C)N(C(=O)O)C12CCC(NCc3ccccc3)(CC1)C[C@@H]2O. The van der Waals surface area contributed by atoms with Crippen LogP contribution in [-0.2, 0) is 6.54 Å². The third kappa shape index (κ3) is 3.27. The molecule has 4 rings (SSSR count). The van der Waals surface area contributed by atoms with Crippen molar-refractivity contribution in [3.8, 4) is 0 Å². The average Bonchev–Trinajstić information content (AvgIpc) is 2.54. The molecule has 25 heavy (non-hydrogen) atoms. The van der Waals surface area contributed by atoms with E-state index in [4.69, 9.17) is 0 Å². The molecule has 138 valence electrons. The standard InChI is InChI=1S/C20H30N2O3/c1-18(2,3)22(17(24)25)20-11-9-19(10-12-20,13-16(20)23)21-14-15-7-5-4-6-8-15/h4-8,16,21,23H,9-14H2,1-3H3,(H,24,25)/t16-,19?,20?/m0/s1. The molecule has 2 bridgehead atoms. The van der Waals surface area contributed by atoms with Crippen molar-refractivity contribution in [2.75, 3.05) is 0 Å². The van der Waals surface area contributed by atoms with Crippen molar-refractivity contribution in [3.05, 3.63) is 35.9 Å². The quantitative estimate of drug-likeness (QED) is 0.781. The Morgan fingerprint density at radius 3 is 2.28 bits per heavy atom. The molecule has 0 aromatic heterocycles. The first-order valence-electron chi connectivity index (χ1n) is 9.19. The van der Waals surface area contributed by atoms with Crippen LogP contribution in [0.3, 0.4) is 0 Å². The molecule has 0 aliphatic heterocycles. The van der Waals surface area contributed by atoms with Crippen molar-refractivity contribution in [2.45, 2.75) is 82.1 Å². The van der Waals surface area contributed by atoms with Crippen LogP contribution in [0.2, 0.25) is 0 Å². The zero-order valence-electron chi connectivity index (χ0n) is 15.5. The van der Waals surface area contributed by atoms with E-state index in [1.54, 1.807) is 0 Å². The third-order valence-corrected chi connectivity index (χ3v) is 6.10. The van der Waals surface area contributed by atoms with Crippen LogP contribution >= 0.6 is 0 Å². The minimum absolute atomic E-state index is 0.0843. The smallest absolute Gasteiger partial charge is 0.408 e. The molecule has 3 N–H and O–H groups in total. The first-order chi connectivity index (χ1) is 11.7. The van der Waals surface area contributed by atoms with E-state index in [0.29, 0.717) is 19.3 Å². The minimum atomic E-state index is -0.932. The van der Waals surface area contributed by atoms with Gasteiger partial charge in [0.25, 0.3) is 0 Å². The molecule has 1 aromatic carbocycles. The highest BCUT2D eigenvalue weighted by molar-refractivity contribution is 5.67. The molecule has 1 amide bonds. The third-order valence-electron chi connectivity index (χ3n) is 6.10. The molecular weight excluding hydrogens is 316 g/mol. The van der Waals surface area contributed by atoms with Gasteiger partial charge in [0.1, 0.15) is 0 Å². The van der Waals surface area contributed by atoms with Gasteiger partial charge in [-0.3, -0.25) is 4.90 Å². The molecule has 3 fully saturated rings. The lowest BCUT2D eigenvalue weighted by Gasteiger charge is -2.61. The van der Waals surface area contributed by atoms with Gasteiger partial charge >= 0.3 is 6.09 Å². The van der Waals surface area contributed by atoms with Gasteiger partial charge < -0.3 is 15.5 Å². The molecule has 0 saturated heterocycles. The zero-order chi connectivity index (χ0) is 18.3. The molecule has 3 aliphatic rings. The number of nitrogens with zero attached hydrogens (tertiary/aromatic N) is 1. The Balaban J connectivity index is 1.76. The number of hydrogen-bond donors (Lipinski definition) is 3. The summed E-state index contributed by atoms with van der Waals surface area (Å²) in [7, 11) is 0.